The molecule has 4 N–H and O–H groups in total. The number of nitrogens with zero attached hydrogens (tertiary/aromatic N) is 3. The minimum atomic E-state index is -0.940. The molecule has 19 nitrogen and oxygen atoms in total. The molecule has 6 aromatic carbocycles. The number of hydrogen-bond acceptors (Lipinski definition) is 14. The molecule has 0 heterocycles. The van der Waals surface area contributed by atoms with Gasteiger partial charge in [-0.1, -0.05) is 157 Å². The molecule has 19 heteroatoms. The van der Waals surface area contributed by atoms with Crippen molar-refractivity contribution in [1.82, 2.24) is 20.4 Å². The zero-order chi connectivity index (χ0) is 71.5. The van der Waals surface area contributed by atoms with Crippen LogP contribution < -0.4 is 35.3 Å². The summed E-state index contributed by atoms with van der Waals surface area (Å²) in [6.07, 6.45) is 21.7. The topological polar surface area (TPSA) is 240 Å². The molecule has 5 fully saturated rings. The quantitative estimate of drug-likeness (QED) is 0.0375. The van der Waals surface area contributed by atoms with Gasteiger partial charge in [0.15, 0.2) is 0 Å². The third-order valence-electron chi connectivity index (χ3n) is 23.4. The van der Waals surface area contributed by atoms with Crippen LogP contribution >= 0.6 is 0 Å². The minimum Gasteiger partial charge on any atom is -0.445 e. The first-order chi connectivity index (χ1) is 49.3. The lowest BCUT2D eigenvalue weighted by molar-refractivity contribution is -0.384. The van der Waals surface area contributed by atoms with E-state index in [0.29, 0.717) is 54.3 Å². The van der Waals surface area contributed by atoms with E-state index in [2.05, 4.69) is 55.7 Å². The maximum Gasteiger partial charge on any atom is 0.519 e. The molecule has 0 aliphatic heterocycles. The van der Waals surface area contributed by atoms with Crippen LogP contribution in [0.2, 0.25) is 0 Å². The van der Waals surface area contributed by atoms with Gasteiger partial charge in [0.1, 0.15) is 36.2 Å². The van der Waals surface area contributed by atoms with E-state index in [1.54, 1.807) is 6.07 Å². The van der Waals surface area contributed by atoms with Crippen LogP contribution in [0.15, 0.2) is 140 Å². The molecule has 8 aliphatic carbocycles. The number of carbonyl (C=O) groups excluding carboxylic acids is 5. The van der Waals surface area contributed by atoms with Crippen molar-refractivity contribution in [2.24, 2.45) is 23.5 Å². The molecule has 6 bridgehead atoms. The molecule has 4 amide bonds. The van der Waals surface area contributed by atoms with Crippen LogP contribution in [-0.4, -0.2) is 88.6 Å². The minimum absolute atomic E-state index is 0.0119. The molecule has 0 radical (unpaired) electrons. The number of amides is 4. The Labute approximate surface area is 600 Å². The van der Waals surface area contributed by atoms with Crippen molar-refractivity contribution >= 4 is 36.2 Å². The van der Waals surface area contributed by atoms with Crippen molar-refractivity contribution in [1.29, 1.82) is 0 Å². The molecule has 0 saturated heterocycles. The number of benzene rings is 6. The molecular weight excluding hydrogens is 1290 g/mol. The van der Waals surface area contributed by atoms with Gasteiger partial charge in [0.2, 0.25) is 0 Å². The Bertz CT molecular complexity index is 3920. The second kappa shape index (κ2) is 32.6. The number of carbonyl (C=O) groups is 5. The van der Waals surface area contributed by atoms with Crippen molar-refractivity contribution in [3.63, 3.8) is 0 Å². The molecule has 6 aromatic rings. The van der Waals surface area contributed by atoms with Crippen LogP contribution in [-0.2, 0) is 58.2 Å². The van der Waals surface area contributed by atoms with Gasteiger partial charge in [-0.25, -0.2) is 24.0 Å². The maximum absolute atomic E-state index is 13.0. The SMILES string of the molecule is CCN(C(=O)Oc1ccc2c(c1)[C@@]1(C)CCCCC[C@@H](C2)[C@@H]1N)C1CC1.CCN(C(=O)Oc1ccc2c(c1)[C@@]1(C)CCCCC[C@@H](C2)[C@@H]1NC(=O)OCc1ccccc1)C1CC1.C[C@@]12CCCCC[C@@H](Cc3ccc(OC(=O)Oc4ccc([N+](=O)[O-])cc4)cc31)[C@@H]2NC(=O)OCc1ccccc1. The highest BCUT2D eigenvalue weighted by Gasteiger charge is 2.50. The molecule has 8 aliphatic rings. The number of ether oxygens (including phenoxy) is 6. The van der Waals surface area contributed by atoms with Crippen molar-refractivity contribution < 1.29 is 57.3 Å². The van der Waals surface area contributed by atoms with Gasteiger partial charge in [0.05, 0.1) is 4.92 Å². The molecule has 0 unspecified atom stereocenters. The Hall–Kier alpha value is -8.97. The van der Waals surface area contributed by atoms with Crippen LogP contribution in [0, 0.1) is 27.9 Å². The standard InChI is InChI=1S/C31H32N2O7.C30H38N2O4.C22H32N2O2/c1-31-17-7-3-6-10-23(28(31)32-29(34)38-20-21-8-4-2-5-9-21)18-22-11-14-26(19-27(22)31)40-30(35)39-25-15-12-24(13-16-25)33(36)37;1-3-32(24-14-15-24)29(34)36-25-16-13-22-18-23-12-8-5-9-17-30(2,26(22)19-25)27(23)31-28(33)35-20-21-10-6-4-7-11-21;1-3-24(17-9-10-17)21(25)26-18-11-8-15-13-16-7-5-4-6-12-22(2,20(16)23)19(15)14-18/h2,4-5,8-9,11-16,19,23,28H,3,6-7,10,17-18,20H2,1H3,(H,32,34);4,6-7,10-11,13,16,19,23-24,27H,3,5,8-9,12,14-15,17-18,20H2,1-2H3,(H,31,33);8,11,14,16-17,20H,3-7,9-10,12-13,23H2,1-2H3/t23-,28-,31+;23-,27-,30+;16-,20-,22+/m000/s1. The highest BCUT2D eigenvalue weighted by atomic mass is 16.7. The fourth-order valence-corrected chi connectivity index (χ4v) is 17.5. The Morgan fingerprint density at radius 1 is 0.471 bits per heavy atom. The van der Waals surface area contributed by atoms with Gasteiger partial charge in [-0.05, 0) is 208 Å². The summed E-state index contributed by atoms with van der Waals surface area (Å²) in [6, 6.07) is 43.2. The number of nitrogens with one attached hydrogen (secondary N) is 2. The second-order valence-electron chi connectivity index (χ2n) is 30.3. The fraction of sp³-hybridized carbons (Fsp3) is 0.506. The van der Waals surface area contributed by atoms with Crippen LogP contribution in [0.4, 0.5) is 29.7 Å². The zero-order valence-electron chi connectivity index (χ0n) is 60.0. The number of nitro groups is 1. The summed E-state index contributed by atoms with van der Waals surface area (Å²) in [5.74, 6) is 2.92. The Morgan fingerprint density at radius 2 is 0.843 bits per heavy atom. The Kier molecular flexibility index (Phi) is 23.2. The number of alkyl carbamates (subject to hydrolysis) is 2. The van der Waals surface area contributed by atoms with Gasteiger partial charge in [-0.3, -0.25) is 10.1 Å². The largest absolute Gasteiger partial charge is 0.519 e. The lowest BCUT2D eigenvalue weighted by Crippen LogP contribution is -2.57. The first kappa shape index (κ1) is 72.8. The number of fused-ring (bicyclic) bond motifs is 12. The molecule has 542 valence electrons. The Morgan fingerprint density at radius 3 is 1.25 bits per heavy atom. The van der Waals surface area contributed by atoms with Gasteiger partial charge in [-0.2, -0.15) is 0 Å². The van der Waals surface area contributed by atoms with Crippen LogP contribution in [0.5, 0.6) is 23.0 Å². The van der Waals surface area contributed by atoms with Crippen molar-refractivity contribution in [2.75, 3.05) is 13.1 Å². The van der Waals surface area contributed by atoms with Gasteiger partial charge >= 0.3 is 30.5 Å². The monoisotopic (exact) mass is 1390 g/mol. The summed E-state index contributed by atoms with van der Waals surface area (Å²) in [6.45, 7) is 12.6. The lowest BCUT2D eigenvalue weighted by atomic mass is 9.59. The molecule has 0 spiro atoms. The van der Waals surface area contributed by atoms with Crippen molar-refractivity contribution in [3.8, 4) is 23.0 Å². The first-order valence-corrected chi connectivity index (χ1v) is 37.5. The van der Waals surface area contributed by atoms with E-state index in [4.69, 9.17) is 34.2 Å². The normalized spacial score (nSPS) is 25.2. The maximum atomic E-state index is 13.0. The average molecular weight is 1390 g/mol. The highest BCUT2D eigenvalue weighted by molar-refractivity contribution is 5.73. The summed E-state index contributed by atoms with van der Waals surface area (Å²) in [7, 11) is 0. The van der Waals surface area contributed by atoms with Crippen molar-refractivity contribution in [3.05, 3.63) is 194 Å². The van der Waals surface area contributed by atoms with Crippen LogP contribution in [0.1, 0.15) is 201 Å². The van der Waals surface area contributed by atoms with E-state index in [9.17, 15) is 34.1 Å². The van der Waals surface area contributed by atoms with Gasteiger partial charge < -0.3 is 54.6 Å². The van der Waals surface area contributed by atoms with Gasteiger partial charge in [0, 0.05) is 71.7 Å². The molecule has 9 atom stereocenters. The lowest BCUT2D eigenvalue weighted by Gasteiger charge is -2.49. The summed E-state index contributed by atoms with van der Waals surface area (Å²) in [5, 5.41) is 17.3. The number of non-ortho nitro benzene ring substituents is 1. The summed E-state index contributed by atoms with van der Waals surface area (Å²) in [5.41, 5.74) is 15.3. The molecular formula is C83H102N6O13. The number of nitrogens with two attached hydrogens (primary N) is 1. The fourth-order valence-electron chi connectivity index (χ4n) is 17.5. The molecule has 5 saturated carbocycles. The van der Waals surface area contributed by atoms with E-state index >= 15 is 0 Å². The molecule has 0 aromatic heterocycles. The third-order valence-corrected chi connectivity index (χ3v) is 23.4. The van der Waals surface area contributed by atoms with Crippen LogP contribution in [0.3, 0.4) is 0 Å². The highest BCUT2D eigenvalue weighted by Crippen LogP contribution is 2.51. The van der Waals surface area contributed by atoms with Gasteiger partial charge in [0.25, 0.3) is 5.69 Å². The summed E-state index contributed by atoms with van der Waals surface area (Å²) < 4.78 is 33.5. The molecule has 14 rings (SSSR count). The third kappa shape index (κ3) is 17.2. The van der Waals surface area contributed by atoms with Crippen LogP contribution in [0.25, 0.3) is 0 Å². The number of rotatable bonds is 15. The number of hydrogen-bond donors (Lipinski definition) is 3. The summed E-state index contributed by atoms with van der Waals surface area (Å²) in [4.78, 5) is 77.8. The predicted molar refractivity (Wildman–Crippen MR) is 390 cm³/mol. The summed E-state index contributed by atoms with van der Waals surface area (Å²) >= 11 is 0. The first-order valence-electron chi connectivity index (χ1n) is 37.5. The second-order valence-corrected chi connectivity index (χ2v) is 30.3. The smallest absolute Gasteiger partial charge is 0.445 e. The number of nitro benzene ring substituents is 1. The van der Waals surface area contributed by atoms with E-state index in [0.717, 1.165) is 119 Å². The van der Waals surface area contributed by atoms with E-state index in [-0.39, 0.29) is 83.2 Å². The predicted octanol–water partition coefficient (Wildman–Crippen LogP) is 17.6. The zero-order valence-corrected chi connectivity index (χ0v) is 60.0. The van der Waals surface area contributed by atoms with Gasteiger partial charge in [-0.15, -0.1) is 0 Å². The van der Waals surface area contributed by atoms with E-state index in [1.165, 1.54) is 90.6 Å². The van der Waals surface area contributed by atoms with Crippen molar-refractivity contribution in [2.45, 2.75) is 236 Å². The van der Waals surface area contributed by atoms with E-state index in [1.807, 2.05) is 109 Å². The Balaban J connectivity index is 0.000000148. The average Bonchev–Trinajstić information content (AvgIpc) is 1.09. The molecule has 102 heavy (non-hydrogen) atoms. The van der Waals surface area contributed by atoms with E-state index < -0.39 is 17.2 Å².